The van der Waals surface area contributed by atoms with Crippen molar-refractivity contribution in [3.05, 3.63) is 158 Å². The van der Waals surface area contributed by atoms with Gasteiger partial charge in [0.15, 0.2) is 0 Å². The Morgan fingerprint density at radius 1 is 0.585 bits per heavy atom. The van der Waals surface area contributed by atoms with Crippen LogP contribution in [0.15, 0.2) is 134 Å². The average Bonchev–Trinajstić information content (AvgIpc) is 2.98. The van der Waals surface area contributed by atoms with E-state index in [0.717, 1.165) is 65.4 Å². The number of aromatic nitrogens is 1. The SMILES string of the molecule is Cc1cc(Br)ccc1N=C(c1ccccc1)c1cccc(C(=Nc2ccc(Br)cc2C)c2ccccc2)n1.[Cl][Fe][Cl]. The number of aliphatic imine (C=N–C) groups is 2. The molecule has 0 amide bonds. The molecule has 1 heterocycles. The van der Waals surface area contributed by atoms with Crippen LogP contribution in [0.4, 0.5) is 11.4 Å². The van der Waals surface area contributed by atoms with E-state index in [1.807, 2.05) is 78.9 Å². The van der Waals surface area contributed by atoms with Gasteiger partial charge < -0.3 is 0 Å². The molecule has 41 heavy (non-hydrogen) atoms. The number of hydrogen-bond donors (Lipinski definition) is 0. The maximum atomic E-state index is 5.13. The van der Waals surface area contributed by atoms with Crippen LogP contribution in [0.2, 0.25) is 0 Å². The van der Waals surface area contributed by atoms with Crippen molar-refractivity contribution in [2.75, 3.05) is 0 Å². The first-order valence-electron chi connectivity index (χ1n) is 12.5. The van der Waals surface area contributed by atoms with Crippen molar-refractivity contribution < 1.29 is 13.1 Å². The molecule has 0 saturated heterocycles. The molecule has 0 atom stereocenters. The van der Waals surface area contributed by atoms with Gasteiger partial charge in [-0.1, -0.05) is 98.6 Å². The summed E-state index contributed by atoms with van der Waals surface area (Å²) in [5.74, 6) is 0. The molecule has 0 aliphatic rings. The second-order valence-electron chi connectivity index (χ2n) is 8.97. The van der Waals surface area contributed by atoms with Crippen LogP contribution in [0.1, 0.15) is 33.6 Å². The molecule has 1 aromatic heterocycles. The Morgan fingerprint density at radius 3 is 1.34 bits per heavy atom. The zero-order chi connectivity index (χ0) is 29.2. The van der Waals surface area contributed by atoms with Gasteiger partial charge in [-0.2, -0.15) is 0 Å². The molecule has 0 radical (unpaired) electrons. The first kappa shape index (κ1) is 31.4. The van der Waals surface area contributed by atoms with E-state index in [4.69, 9.17) is 35.2 Å². The molecule has 0 fully saturated rings. The third-order valence-electron chi connectivity index (χ3n) is 6.11. The van der Waals surface area contributed by atoms with Gasteiger partial charge in [0.2, 0.25) is 0 Å². The van der Waals surface area contributed by atoms with Crippen LogP contribution >= 0.6 is 52.1 Å². The number of pyridine rings is 1. The maximum absolute atomic E-state index is 5.13. The first-order valence-corrected chi connectivity index (χ1v) is 17.2. The van der Waals surface area contributed by atoms with E-state index in [0.29, 0.717) is 0 Å². The van der Waals surface area contributed by atoms with E-state index in [1.165, 1.54) is 0 Å². The van der Waals surface area contributed by atoms with Gasteiger partial charge in [0, 0.05) is 20.1 Å². The quantitative estimate of drug-likeness (QED) is 0.126. The molecule has 0 unspecified atom stereocenters. The Balaban J connectivity index is 0.00000124. The van der Waals surface area contributed by atoms with E-state index in [1.54, 1.807) is 0 Å². The third kappa shape index (κ3) is 8.71. The number of halogens is 4. The molecule has 208 valence electrons. The monoisotopic (exact) mass is 747 g/mol. The molecule has 5 aromatic rings. The fourth-order valence-corrected chi connectivity index (χ4v) is 5.11. The second-order valence-corrected chi connectivity index (χ2v) is 12.6. The molecule has 3 nitrogen and oxygen atoms in total. The fourth-order valence-electron chi connectivity index (χ4n) is 4.16. The Hall–Kier alpha value is -2.57. The van der Waals surface area contributed by atoms with Crippen LogP contribution in [0.3, 0.4) is 0 Å². The van der Waals surface area contributed by atoms with Crippen LogP contribution in [-0.4, -0.2) is 16.4 Å². The Kier molecular flexibility index (Phi) is 11.9. The topological polar surface area (TPSA) is 37.6 Å². The summed E-state index contributed by atoms with van der Waals surface area (Å²) in [6, 6.07) is 38.7. The van der Waals surface area contributed by atoms with Crippen LogP contribution in [-0.2, 0) is 13.1 Å². The standard InChI is InChI=1S/C33H25Br2N3.2ClH.Fe/c1-22-20-26(34)16-18-28(22)37-32(24-10-5-3-6-11-24)30-14-9-15-31(36-30)33(25-12-7-4-8-13-25)38-29-19-17-27(35)21-23(29)2;;;/h3-21H,1-2H3;2*1H;/q;;;+2/p-2. The van der Waals surface area contributed by atoms with E-state index in [9.17, 15) is 0 Å². The minimum absolute atomic E-state index is 0.194. The normalized spacial score (nSPS) is 11.7. The van der Waals surface area contributed by atoms with Crippen LogP contribution in [0.5, 0.6) is 0 Å². The predicted octanol–water partition coefficient (Wildman–Crippen LogP) is 10.9. The van der Waals surface area contributed by atoms with Gasteiger partial charge >= 0.3 is 33.3 Å². The van der Waals surface area contributed by atoms with E-state index in [-0.39, 0.29) is 13.1 Å². The molecule has 0 saturated carbocycles. The summed E-state index contributed by atoms with van der Waals surface area (Å²) >= 11 is 7.31. The second kappa shape index (κ2) is 15.6. The number of hydrogen-bond acceptors (Lipinski definition) is 3. The first-order chi connectivity index (χ1) is 19.9. The summed E-state index contributed by atoms with van der Waals surface area (Å²) in [6.07, 6.45) is 0. The average molecular weight is 750 g/mol. The van der Waals surface area contributed by atoms with Crippen LogP contribution < -0.4 is 0 Å². The molecule has 0 bridgehead atoms. The van der Waals surface area contributed by atoms with E-state index < -0.39 is 0 Å². The number of nitrogens with zero attached hydrogens (tertiary/aromatic N) is 3. The van der Waals surface area contributed by atoms with Gasteiger partial charge in [-0.05, 0) is 73.5 Å². The number of benzene rings is 4. The molecule has 5 rings (SSSR count). The summed E-state index contributed by atoms with van der Waals surface area (Å²) in [5.41, 5.74) is 9.17. The fraction of sp³-hybridized carbons (Fsp3) is 0.0606. The van der Waals surface area contributed by atoms with Crippen molar-refractivity contribution in [3.63, 3.8) is 0 Å². The molecular weight excluding hydrogens is 725 g/mol. The third-order valence-corrected chi connectivity index (χ3v) is 7.10. The van der Waals surface area contributed by atoms with Gasteiger partial charge in [-0.3, -0.25) is 0 Å². The zero-order valence-electron chi connectivity index (χ0n) is 22.2. The van der Waals surface area contributed by atoms with Crippen LogP contribution in [0, 0.1) is 13.8 Å². The number of aryl methyl sites for hydroxylation is 2. The molecule has 0 N–H and O–H groups in total. The van der Waals surface area contributed by atoms with Crippen LogP contribution in [0.25, 0.3) is 0 Å². The molecular formula is C33H25Br2Cl2FeN3. The van der Waals surface area contributed by atoms with E-state index in [2.05, 4.69) is 82.1 Å². The van der Waals surface area contributed by atoms with Crippen molar-refractivity contribution >= 4 is 74.9 Å². The predicted molar refractivity (Wildman–Crippen MR) is 177 cm³/mol. The summed E-state index contributed by atoms with van der Waals surface area (Å²) in [4.78, 5) is 15.4. The van der Waals surface area contributed by atoms with E-state index >= 15 is 0 Å². The van der Waals surface area contributed by atoms with Crippen molar-refractivity contribution in [1.29, 1.82) is 0 Å². The summed E-state index contributed by atoms with van der Waals surface area (Å²) < 4.78 is 2.06. The Morgan fingerprint density at radius 2 is 0.976 bits per heavy atom. The summed E-state index contributed by atoms with van der Waals surface area (Å²) in [5, 5.41) is 0. The van der Waals surface area contributed by atoms with Gasteiger partial charge in [0.25, 0.3) is 0 Å². The summed E-state index contributed by atoms with van der Waals surface area (Å²) in [6.45, 7) is 4.13. The summed E-state index contributed by atoms with van der Waals surface area (Å²) in [7, 11) is 9.53. The van der Waals surface area contributed by atoms with Gasteiger partial charge in [-0.25, -0.2) is 15.0 Å². The molecule has 4 aromatic carbocycles. The molecule has 0 spiro atoms. The molecule has 0 aliphatic carbocycles. The zero-order valence-corrected chi connectivity index (χ0v) is 28.0. The van der Waals surface area contributed by atoms with Crippen molar-refractivity contribution in [2.45, 2.75) is 13.8 Å². The van der Waals surface area contributed by atoms with Crippen molar-refractivity contribution in [1.82, 2.24) is 4.98 Å². The Bertz CT molecular complexity index is 1560. The van der Waals surface area contributed by atoms with Crippen molar-refractivity contribution in [3.8, 4) is 0 Å². The van der Waals surface area contributed by atoms with Gasteiger partial charge in [0.05, 0.1) is 34.2 Å². The molecule has 8 heteroatoms. The van der Waals surface area contributed by atoms with Gasteiger partial charge in [0.1, 0.15) is 0 Å². The molecule has 0 aliphatic heterocycles. The number of rotatable bonds is 6. The minimum atomic E-state index is 0.194. The van der Waals surface area contributed by atoms with Crippen molar-refractivity contribution in [2.24, 2.45) is 9.98 Å². The Labute approximate surface area is 272 Å². The van der Waals surface area contributed by atoms with Gasteiger partial charge in [-0.15, -0.1) is 0 Å².